The first-order valence-electron chi connectivity index (χ1n) is 3.61. The lowest BCUT2D eigenvalue weighted by Crippen LogP contribution is -1.89. The zero-order chi connectivity index (χ0) is 9.42. The third-order valence-electron chi connectivity index (χ3n) is 1.71. The van der Waals surface area contributed by atoms with E-state index in [2.05, 4.69) is 37.0 Å². The highest BCUT2D eigenvalue weighted by Crippen LogP contribution is 2.23. The Morgan fingerprint density at radius 1 is 1.46 bits per heavy atom. The van der Waals surface area contributed by atoms with E-state index in [0.717, 1.165) is 21.1 Å². The van der Waals surface area contributed by atoms with Crippen LogP contribution in [0.3, 0.4) is 0 Å². The molecule has 0 saturated heterocycles. The molecule has 0 bridgehead atoms. The van der Waals surface area contributed by atoms with E-state index in [1.54, 1.807) is 4.52 Å². The highest BCUT2D eigenvalue weighted by Gasteiger charge is 2.06. The standard InChI is InChI=1S/C8H5Br2ClN2/c9-4-5-3-7-6(11)1-2-8(10)13(7)12-5/h1-3H,4H2. The zero-order valence-electron chi connectivity index (χ0n) is 6.47. The van der Waals surface area contributed by atoms with Crippen LogP contribution < -0.4 is 0 Å². The van der Waals surface area contributed by atoms with Crippen molar-refractivity contribution in [2.45, 2.75) is 5.33 Å². The van der Waals surface area contributed by atoms with Gasteiger partial charge in [0.15, 0.2) is 0 Å². The lowest BCUT2D eigenvalue weighted by atomic mass is 10.4. The Hall–Kier alpha value is -0.0600. The van der Waals surface area contributed by atoms with Gasteiger partial charge >= 0.3 is 0 Å². The normalized spacial score (nSPS) is 11.0. The summed E-state index contributed by atoms with van der Waals surface area (Å²) in [6, 6.07) is 5.68. The molecule has 2 aromatic rings. The Morgan fingerprint density at radius 3 is 2.85 bits per heavy atom. The molecule has 0 aromatic carbocycles. The fourth-order valence-electron chi connectivity index (χ4n) is 1.13. The van der Waals surface area contributed by atoms with Crippen LogP contribution in [0.2, 0.25) is 5.02 Å². The summed E-state index contributed by atoms with van der Waals surface area (Å²) in [7, 11) is 0. The number of fused-ring (bicyclic) bond motifs is 1. The maximum absolute atomic E-state index is 6.00. The van der Waals surface area contributed by atoms with E-state index in [1.165, 1.54) is 0 Å². The van der Waals surface area contributed by atoms with Crippen molar-refractivity contribution in [3.8, 4) is 0 Å². The van der Waals surface area contributed by atoms with Crippen LogP contribution in [-0.2, 0) is 5.33 Å². The van der Waals surface area contributed by atoms with Crippen molar-refractivity contribution in [1.82, 2.24) is 9.61 Å². The van der Waals surface area contributed by atoms with Gasteiger partial charge in [0, 0.05) is 5.33 Å². The van der Waals surface area contributed by atoms with Crippen LogP contribution in [0.4, 0.5) is 0 Å². The van der Waals surface area contributed by atoms with Gasteiger partial charge in [0.1, 0.15) is 4.60 Å². The van der Waals surface area contributed by atoms with E-state index in [1.807, 2.05) is 18.2 Å². The number of aromatic nitrogens is 2. The van der Waals surface area contributed by atoms with Crippen molar-refractivity contribution in [2.75, 3.05) is 0 Å². The second kappa shape index (κ2) is 3.59. The van der Waals surface area contributed by atoms with Crippen LogP contribution >= 0.6 is 43.5 Å². The molecule has 2 nitrogen and oxygen atoms in total. The quantitative estimate of drug-likeness (QED) is 0.578. The lowest BCUT2D eigenvalue weighted by Gasteiger charge is -1.97. The van der Waals surface area contributed by atoms with Gasteiger partial charge in [0.2, 0.25) is 0 Å². The van der Waals surface area contributed by atoms with Crippen LogP contribution in [0.1, 0.15) is 5.69 Å². The van der Waals surface area contributed by atoms with Crippen LogP contribution in [0.5, 0.6) is 0 Å². The molecule has 0 aliphatic carbocycles. The largest absolute Gasteiger partial charge is 0.225 e. The third kappa shape index (κ3) is 1.63. The van der Waals surface area contributed by atoms with Crippen LogP contribution in [0, 0.1) is 0 Å². The number of hydrogen-bond donors (Lipinski definition) is 0. The average molecular weight is 324 g/mol. The number of rotatable bonds is 1. The number of halogens is 3. The van der Waals surface area contributed by atoms with Gasteiger partial charge in [-0.3, -0.25) is 0 Å². The molecule has 0 N–H and O–H groups in total. The second-order valence-electron chi connectivity index (χ2n) is 2.57. The van der Waals surface area contributed by atoms with Crippen molar-refractivity contribution < 1.29 is 0 Å². The molecule has 0 amide bonds. The first kappa shape index (κ1) is 9.49. The van der Waals surface area contributed by atoms with Gasteiger partial charge in [0.05, 0.1) is 16.2 Å². The number of alkyl halides is 1. The maximum atomic E-state index is 6.00. The minimum absolute atomic E-state index is 0.711. The van der Waals surface area contributed by atoms with E-state index < -0.39 is 0 Å². The van der Waals surface area contributed by atoms with Crippen molar-refractivity contribution in [1.29, 1.82) is 0 Å². The number of nitrogens with zero attached hydrogens (tertiary/aromatic N) is 2. The molecule has 13 heavy (non-hydrogen) atoms. The number of pyridine rings is 1. The van der Waals surface area contributed by atoms with E-state index in [4.69, 9.17) is 11.6 Å². The predicted molar refractivity (Wildman–Crippen MR) is 60.5 cm³/mol. The Labute approximate surface area is 97.1 Å². The molecule has 0 aliphatic rings. The number of hydrogen-bond acceptors (Lipinski definition) is 1. The Kier molecular flexibility index (Phi) is 2.62. The molecule has 0 atom stereocenters. The Balaban J connectivity index is 2.80. The monoisotopic (exact) mass is 322 g/mol. The average Bonchev–Trinajstić information content (AvgIpc) is 2.56. The van der Waals surface area contributed by atoms with Crippen LogP contribution in [0.25, 0.3) is 5.52 Å². The van der Waals surface area contributed by atoms with Gasteiger partial charge in [0.25, 0.3) is 0 Å². The molecular formula is C8H5Br2ClN2. The third-order valence-corrected chi connectivity index (χ3v) is 3.21. The fourth-order valence-corrected chi connectivity index (χ4v) is 2.00. The van der Waals surface area contributed by atoms with Crippen molar-refractivity contribution in [3.05, 3.63) is 33.5 Å². The lowest BCUT2D eigenvalue weighted by molar-refractivity contribution is 0.909. The molecule has 2 heterocycles. The van der Waals surface area contributed by atoms with E-state index in [9.17, 15) is 0 Å². The minimum atomic E-state index is 0.711. The first-order valence-corrected chi connectivity index (χ1v) is 5.90. The molecule has 5 heteroatoms. The minimum Gasteiger partial charge on any atom is -0.225 e. The summed E-state index contributed by atoms with van der Waals surface area (Å²) in [6.45, 7) is 0. The summed E-state index contributed by atoms with van der Waals surface area (Å²) in [5.41, 5.74) is 1.89. The Morgan fingerprint density at radius 2 is 2.23 bits per heavy atom. The van der Waals surface area contributed by atoms with Gasteiger partial charge in [-0.1, -0.05) is 27.5 Å². The van der Waals surface area contributed by atoms with Gasteiger partial charge < -0.3 is 0 Å². The predicted octanol–water partition coefficient (Wildman–Crippen LogP) is 3.65. The first-order chi connectivity index (χ1) is 6.22. The summed E-state index contributed by atoms with van der Waals surface area (Å²) in [5, 5.41) is 5.77. The SMILES string of the molecule is Clc1ccc(Br)n2nc(CBr)cc12. The second-order valence-corrected chi connectivity index (χ2v) is 4.35. The van der Waals surface area contributed by atoms with Gasteiger partial charge in [-0.15, -0.1) is 0 Å². The molecule has 0 fully saturated rings. The van der Waals surface area contributed by atoms with E-state index in [-0.39, 0.29) is 0 Å². The van der Waals surface area contributed by atoms with E-state index in [0.29, 0.717) is 5.02 Å². The summed E-state index contributed by atoms with van der Waals surface area (Å²) in [5.74, 6) is 0. The molecule has 68 valence electrons. The molecule has 2 rings (SSSR count). The van der Waals surface area contributed by atoms with Gasteiger partial charge in [-0.25, -0.2) is 4.52 Å². The summed E-state index contributed by atoms with van der Waals surface area (Å²) < 4.78 is 2.68. The Bertz CT molecular complexity index is 414. The fraction of sp³-hybridized carbons (Fsp3) is 0.125. The highest BCUT2D eigenvalue weighted by molar-refractivity contribution is 9.10. The molecule has 0 unspecified atom stereocenters. The summed E-state index contributed by atoms with van der Waals surface area (Å²) in [4.78, 5) is 0. The zero-order valence-corrected chi connectivity index (χ0v) is 10.4. The van der Waals surface area contributed by atoms with Crippen molar-refractivity contribution in [3.63, 3.8) is 0 Å². The van der Waals surface area contributed by atoms with E-state index >= 15 is 0 Å². The van der Waals surface area contributed by atoms with Crippen molar-refractivity contribution >= 4 is 49.0 Å². The molecule has 2 aromatic heterocycles. The van der Waals surface area contributed by atoms with Crippen molar-refractivity contribution in [2.24, 2.45) is 0 Å². The summed E-state index contributed by atoms with van der Waals surface area (Å²) >= 11 is 12.8. The topological polar surface area (TPSA) is 17.3 Å². The molecule has 0 radical (unpaired) electrons. The molecule has 0 saturated carbocycles. The maximum Gasteiger partial charge on any atom is 0.108 e. The smallest absolute Gasteiger partial charge is 0.108 e. The molecule has 0 spiro atoms. The highest BCUT2D eigenvalue weighted by atomic mass is 79.9. The summed E-state index contributed by atoms with van der Waals surface area (Å²) in [6.07, 6.45) is 0. The molecular weight excluding hydrogens is 319 g/mol. The van der Waals surface area contributed by atoms with Gasteiger partial charge in [-0.05, 0) is 34.1 Å². The molecule has 0 aliphatic heterocycles. The van der Waals surface area contributed by atoms with Gasteiger partial charge in [-0.2, -0.15) is 5.10 Å². The van der Waals surface area contributed by atoms with Crippen LogP contribution in [0.15, 0.2) is 22.8 Å². The van der Waals surface area contributed by atoms with Crippen LogP contribution in [-0.4, -0.2) is 9.61 Å².